The molecule has 0 aliphatic heterocycles. The molecule has 0 aromatic carbocycles. The first-order valence-corrected chi connectivity index (χ1v) is 7.70. The molecule has 0 aliphatic carbocycles. The fourth-order valence-electron chi connectivity index (χ4n) is 2.25. The lowest BCUT2D eigenvalue weighted by molar-refractivity contribution is 0.797. The molecule has 4 heterocycles. The van der Waals surface area contributed by atoms with E-state index in [9.17, 15) is 0 Å². The summed E-state index contributed by atoms with van der Waals surface area (Å²) < 4.78 is 5.85. The highest BCUT2D eigenvalue weighted by atomic mass is 79.9. The molecule has 0 saturated carbocycles. The van der Waals surface area contributed by atoms with Crippen molar-refractivity contribution in [2.24, 2.45) is 0 Å². The fraction of sp³-hybridized carbons (Fsp3) is 0.154. The molecular formula is C13H10BrN5S. The second kappa shape index (κ2) is 4.13. The summed E-state index contributed by atoms with van der Waals surface area (Å²) in [4.78, 5) is 4.46. The van der Waals surface area contributed by atoms with Crippen LogP contribution in [-0.4, -0.2) is 24.4 Å². The Morgan fingerprint density at radius 3 is 2.80 bits per heavy atom. The highest BCUT2D eigenvalue weighted by molar-refractivity contribution is 9.11. The van der Waals surface area contributed by atoms with E-state index in [1.807, 2.05) is 47.6 Å². The van der Waals surface area contributed by atoms with Gasteiger partial charge in [0.15, 0.2) is 11.5 Å². The van der Waals surface area contributed by atoms with E-state index in [0.717, 1.165) is 36.7 Å². The van der Waals surface area contributed by atoms with Crippen molar-refractivity contribution in [3.8, 4) is 5.82 Å². The molecule has 100 valence electrons. The van der Waals surface area contributed by atoms with Crippen molar-refractivity contribution in [3.63, 3.8) is 0 Å². The zero-order valence-electron chi connectivity index (χ0n) is 10.8. The summed E-state index contributed by atoms with van der Waals surface area (Å²) in [5.74, 6) is 0.798. The molecule has 0 bridgehead atoms. The van der Waals surface area contributed by atoms with Crippen molar-refractivity contribution in [1.29, 1.82) is 0 Å². The molecule has 0 radical (unpaired) electrons. The van der Waals surface area contributed by atoms with Crippen molar-refractivity contribution in [1.82, 2.24) is 24.4 Å². The minimum atomic E-state index is 0.798. The van der Waals surface area contributed by atoms with Gasteiger partial charge in [0.1, 0.15) is 5.52 Å². The molecule has 0 spiro atoms. The summed E-state index contributed by atoms with van der Waals surface area (Å²) in [6.07, 6.45) is 3.93. The van der Waals surface area contributed by atoms with E-state index in [1.54, 1.807) is 11.3 Å². The van der Waals surface area contributed by atoms with Crippen LogP contribution in [0.5, 0.6) is 0 Å². The quantitative estimate of drug-likeness (QED) is 0.529. The van der Waals surface area contributed by atoms with Crippen LogP contribution in [0.2, 0.25) is 0 Å². The minimum absolute atomic E-state index is 0.798. The van der Waals surface area contributed by atoms with Gasteiger partial charge in [-0.3, -0.25) is 0 Å². The summed E-state index contributed by atoms with van der Waals surface area (Å²) >= 11 is 5.14. The van der Waals surface area contributed by atoms with E-state index in [0.29, 0.717) is 0 Å². The summed E-state index contributed by atoms with van der Waals surface area (Å²) in [6.45, 7) is 4.00. The second-order valence-corrected chi connectivity index (χ2v) is 7.17. The van der Waals surface area contributed by atoms with Crippen LogP contribution in [0.15, 0.2) is 28.3 Å². The molecule has 0 fully saturated rings. The molecular weight excluding hydrogens is 338 g/mol. The Labute approximate surface area is 127 Å². The third-order valence-corrected chi connectivity index (χ3v) is 4.68. The summed E-state index contributed by atoms with van der Waals surface area (Å²) in [6, 6.07) is 4.02. The van der Waals surface area contributed by atoms with Gasteiger partial charge in [-0.05, 0) is 47.5 Å². The maximum absolute atomic E-state index is 4.57. The van der Waals surface area contributed by atoms with Gasteiger partial charge < -0.3 is 0 Å². The van der Waals surface area contributed by atoms with Crippen molar-refractivity contribution >= 4 is 43.1 Å². The number of aryl methyl sites for hydroxylation is 2. The molecule has 20 heavy (non-hydrogen) atoms. The van der Waals surface area contributed by atoms with Gasteiger partial charge in [-0.2, -0.15) is 5.10 Å². The van der Waals surface area contributed by atoms with E-state index in [4.69, 9.17) is 0 Å². The summed E-state index contributed by atoms with van der Waals surface area (Å²) in [7, 11) is 0. The molecule has 0 saturated heterocycles. The second-order valence-electron chi connectivity index (χ2n) is 4.71. The van der Waals surface area contributed by atoms with E-state index in [2.05, 4.69) is 31.1 Å². The van der Waals surface area contributed by atoms with Crippen molar-refractivity contribution in [3.05, 3.63) is 39.6 Å². The Bertz CT molecular complexity index is 917. The predicted octanol–water partition coefficient (Wildman–Crippen LogP) is 3.51. The summed E-state index contributed by atoms with van der Waals surface area (Å²) in [5, 5.41) is 9.13. The number of aromatic nitrogens is 5. The van der Waals surface area contributed by atoms with Gasteiger partial charge in [-0.1, -0.05) is 0 Å². The maximum atomic E-state index is 4.57. The Kier molecular flexibility index (Phi) is 2.49. The van der Waals surface area contributed by atoms with Crippen molar-refractivity contribution < 1.29 is 0 Å². The number of thiophene rings is 1. The molecule has 5 nitrogen and oxygen atoms in total. The van der Waals surface area contributed by atoms with E-state index >= 15 is 0 Å². The highest BCUT2D eigenvalue weighted by Gasteiger charge is 2.10. The first-order valence-electron chi connectivity index (χ1n) is 6.09. The van der Waals surface area contributed by atoms with Crippen LogP contribution in [0.25, 0.3) is 21.7 Å². The first kappa shape index (κ1) is 12.0. The van der Waals surface area contributed by atoms with Crippen LogP contribution in [0.4, 0.5) is 0 Å². The molecule has 0 N–H and O–H groups in total. The van der Waals surface area contributed by atoms with Crippen LogP contribution in [0, 0.1) is 13.8 Å². The lowest BCUT2D eigenvalue weighted by Crippen LogP contribution is -2.03. The van der Waals surface area contributed by atoms with E-state index < -0.39 is 0 Å². The molecule has 4 aromatic rings. The number of imidazole rings is 1. The van der Waals surface area contributed by atoms with Gasteiger partial charge in [0, 0.05) is 0 Å². The van der Waals surface area contributed by atoms with Crippen LogP contribution in [-0.2, 0) is 0 Å². The number of rotatable bonds is 1. The van der Waals surface area contributed by atoms with Gasteiger partial charge in [0.25, 0.3) is 0 Å². The van der Waals surface area contributed by atoms with Crippen LogP contribution in [0.3, 0.4) is 0 Å². The van der Waals surface area contributed by atoms with Crippen molar-refractivity contribution in [2.75, 3.05) is 0 Å². The zero-order chi connectivity index (χ0) is 13.9. The topological polar surface area (TPSA) is 48.0 Å². The van der Waals surface area contributed by atoms with Gasteiger partial charge in [0.2, 0.25) is 0 Å². The van der Waals surface area contributed by atoms with Crippen LogP contribution in [0.1, 0.15) is 11.3 Å². The maximum Gasteiger partial charge on any atom is 0.174 e. The monoisotopic (exact) mass is 347 g/mol. The third-order valence-electron chi connectivity index (χ3n) is 3.12. The first-order chi connectivity index (χ1) is 9.60. The Balaban J connectivity index is 1.93. The Morgan fingerprint density at radius 2 is 2.00 bits per heavy atom. The predicted molar refractivity (Wildman–Crippen MR) is 82.7 cm³/mol. The van der Waals surface area contributed by atoms with E-state index in [1.165, 1.54) is 0 Å². The highest BCUT2D eigenvalue weighted by Crippen LogP contribution is 2.29. The number of halogens is 1. The third kappa shape index (κ3) is 1.77. The van der Waals surface area contributed by atoms with Gasteiger partial charge in [0.05, 0.1) is 26.6 Å². The number of fused-ring (bicyclic) bond motifs is 2. The molecule has 0 aliphatic rings. The smallest absolute Gasteiger partial charge is 0.174 e. The fourth-order valence-corrected chi connectivity index (χ4v) is 3.73. The average molecular weight is 348 g/mol. The molecule has 0 atom stereocenters. The number of hydrogen-bond acceptors (Lipinski definition) is 4. The molecule has 4 rings (SSSR count). The Morgan fingerprint density at radius 1 is 1.15 bits per heavy atom. The van der Waals surface area contributed by atoms with Crippen LogP contribution < -0.4 is 0 Å². The van der Waals surface area contributed by atoms with Crippen LogP contribution >= 0.6 is 27.3 Å². The molecule has 0 unspecified atom stereocenters. The zero-order valence-corrected chi connectivity index (χ0v) is 13.2. The SMILES string of the molecule is Cc1cn2nc(-n3cc4sc(Br)cc4n3)cc(C)c2n1. The molecule has 0 amide bonds. The normalized spacial score (nSPS) is 11.8. The lowest BCUT2D eigenvalue weighted by atomic mass is 10.3. The Hall–Kier alpha value is -1.73. The lowest BCUT2D eigenvalue weighted by Gasteiger charge is -2.03. The van der Waals surface area contributed by atoms with Gasteiger partial charge >= 0.3 is 0 Å². The largest absolute Gasteiger partial charge is 0.232 e. The van der Waals surface area contributed by atoms with Gasteiger partial charge in [-0.25, -0.2) is 14.2 Å². The van der Waals surface area contributed by atoms with Crippen molar-refractivity contribution in [2.45, 2.75) is 13.8 Å². The minimum Gasteiger partial charge on any atom is -0.232 e. The molecule has 4 aromatic heterocycles. The standard InChI is InChI=1S/C13H10BrN5S/c1-7-3-12(17-19-5-8(2)15-13(7)19)18-6-10-9(16-18)4-11(14)20-10/h3-6H,1-2H3. The number of hydrogen-bond donors (Lipinski definition) is 0. The summed E-state index contributed by atoms with van der Waals surface area (Å²) in [5.41, 5.74) is 3.91. The molecule has 7 heteroatoms. The van der Waals surface area contributed by atoms with E-state index in [-0.39, 0.29) is 0 Å². The average Bonchev–Trinajstić information content (AvgIpc) is 3.00. The number of nitrogens with zero attached hydrogens (tertiary/aromatic N) is 5. The van der Waals surface area contributed by atoms with Gasteiger partial charge in [-0.15, -0.1) is 16.4 Å².